The van der Waals surface area contributed by atoms with Gasteiger partial charge < -0.3 is 10.6 Å². The van der Waals surface area contributed by atoms with E-state index in [2.05, 4.69) is 15.6 Å². The van der Waals surface area contributed by atoms with Crippen molar-refractivity contribution in [3.8, 4) is 0 Å². The summed E-state index contributed by atoms with van der Waals surface area (Å²) >= 11 is 0. The molecule has 1 heterocycles. The first-order valence-electron chi connectivity index (χ1n) is 5.95. The van der Waals surface area contributed by atoms with Crippen LogP contribution in [0, 0.1) is 10.1 Å². The van der Waals surface area contributed by atoms with E-state index < -0.39 is 10.5 Å². The van der Waals surface area contributed by atoms with E-state index in [0.717, 1.165) is 6.20 Å². The lowest BCUT2D eigenvalue weighted by Crippen LogP contribution is -2.40. The van der Waals surface area contributed by atoms with Crippen LogP contribution in [-0.4, -0.2) is 27.9 Å². The van der Waals surface area contributed by atoms with Crippen LogP contribution in [0.15, 0.2) is 12.3 Å². The number of pyridine rings is 1. The van der Waals surface area contributed by atoms with Crippen LogP contribution in [0.3, 0.4) is 0 Å². The standard InChI is InChI=1S/C12H18N4O3/c1-5-13-10-9(11(17)15-12(2,3)4)6-8(7-14-10)16(18)19/h6-7H,5H2,1-4H3,(H,13,14)(H,15,17). The fourth-order valence-electron chi connectivity index (χ4n) is 1.44. The maximum absolute atomic E-state index is 12.1. The molecule has 1 amide bonds. The van der Waals surface area contributed by atoms with Crippen LogP contribution in [0.4, 0.5) is 11.5 Å². The molecule has 0 aromatic carbocycles. The SMILES string of the molecule is CCNc1ncc([N+](=O)[O-])cc1C(=O)NC(C)(C)C. The Hall–Kier alpha value is -2.18. The van der Waals surface area contributed by atoms with Gasteiger partial charge in [-0.15, -0.1) is 0 Å². The number of nitro groups is 1. The van der Waals surface area contributed by atoms with Crippen LogP contribution in [0.5, 0.6) is 0 Å². The lowest BCUT2D eigenvalue weighted by molar-refractivity contribution is -0.385. The van der Waals surface area contributed by atoms with E-state index >= 15 is 0 Å². The van der Waals surface area contributed by atoms with Gasteiger partial charge in [0.15, 0.2) is 0 Å². The van der Waals surface area contributed by atoms with Gasteiger partial charge >= 0.3 is 0 Å². The second-order valence-electron chi connectivity index (χ2n) is 5.08. The van der Waals surface area contributed by atoms with Gasteiger partial charge in [-0.1, -0.05) is 0 Å². The number of amides is 1. The molecule has 0 aliphatic carbocycles. The Balaban J connectivity index is 3.16. The van der Waals surface area contributed by atoms with Crippen LogP contribution in [-0.2, 0) is 0 Å². The Kier molecular flexibility index (Phi) is 4.42. The quantitative estimate of drug-likeness (QED) is 0.641. The van der Waals surface area contributed by atoms with Crippen LogP contribution < -0.4 is 10.6 Å². The second kappa shape index (κ2) is 5.64. The van der Waals surface area contributed by atoms with Crippen LogP contribution in [0.25, 0.3) is 0 Å². The highest BCUT2D eigenvalue weighted by Gasteiger charge is 2.21. The monoisotopic (exact) mass is 266 g/mol. The molecule has 0 aliphatic heterocycles. The molecule has 0 unspecified atom stereocenters. The molecule has 1 aromatic rings. The first-order chi connectivity index (χ1) is 8.74. The summed E-state index contributed by atoms with van der Waals surface area (Å²) in [7, 11) is 0. The maximum atomic E-state index is 12.1. The zero-order valence-corrected chi connectivity index (χ0v) is 11.5. The molecule has 0 saturated carbocycles. The third kappa shape index (κ3) is 4.20. The summed E-state index contributed by atoms with van der Waals surface area (Å²) < 4.78 is 0. The molecule has 7 nitrogen and oxygen atoms in total. The number of hydrogen-bond acceptors (Lipinski definition) is 5. The average Bonchev–Trinajstić information content (AvgIpc) is 2.27. The molecular formula is C12H18N4O3. The molecule has 0 spiro atoms. The van der Waals surface area contributed by atoms with Gasteiger partial charge in [0, 0.05) is 18.2 Å². The molecule has 104 valence electrons. The summed E-state index contributed by atoms with van der Waals surface area (Å²) in [6.45, 7) is 7.93. The molecule has 19 heavy (non-hydrogen) atoms. The number of nitrogens with zero attached hydrogens (tertiary/aromatic N) is 2. The van der Waals surface area contributed by atoms with Crippen molar-refractivity contribution in [3.05, 3.63) is 27.9 Å². The Morgan fingerprint density at radius 1 is 1.47 bits per heavy atom. The van der Waals surface area contributed by atoms with Gasteiger partial charge in [0.05, 0.1) is 10.5 Å². The molecule has 7 heteroatoms. The number of nitrogens with one attached hydrogen (secondary N) is 2. The lowest BCUT2D eigenvalue weighted by atomic mass is 10.1. The van der Waals surface area contributed by atoms with Crippen molar-refractivity contribution in [2.75, 3.05) is 11.9 Å². The molecule has 0 saturated heterocycles. The first kappa shape index (κ1) is 14.9. The summed E-state index contributed by atoms with van der Waals surface area (Å²) in [6.07, 6.45) is 1.13. The van der Waals surface area contributed by atoms with E-state index in [1.807, 2.05) is 27.7 Å². The molecular weight excluding hydrogens is 248 g/mol. The molecule has 0 radical (unpaired) electrons. The summed E-state index contributed by atoms with van der Waals surface area (Å²) in [6, 6.07) is 1.23. The van der Waals surface area contributed by atoms with Crippen molar-refractivity contribution in [1.29, 1.82) is 0 Å². The van der Waals surface area contributed by atoms with Crippen LogP contribution >= 0.6 is 0 Å². The van der Waals surface area contributed by atoms with Gasteiger partial charge in [0.2, 0.25) is 0 Å². The van der Waals surface area contributed by atoms with E-state index in [0.29, 0.717) is 12.4 Å². The van der Waals surface area contributed by atoms with E-state index in [1.54, 1.807) is 0 Å². The zero-order chi connectivity index (χ0) is 14.6. The summed E-state index contributed by atoms with van der Waals surface area (Å²) in [5, 5.41) is 16.4. The van der Waals surface area contributed by atoms with E-state index in [4.69, 9.17) is 0 Å². The zero-order valence-electron chi connectivity index (χ0n) is 11.5. The van der Waals surface area contributed by atoms with E-state index in [1.165, 1.54) is 6.07 Å². The van der Waals surface area contributed by atoms with E-state index in [9.17, 15) is 14.9 Å². The predicted molar refractivity (Wildman–Crippen MR) is 72.3 cm³/mol. The van der Waals surface area contributed by atoms with Crippen molar-refractivity contribution < 1.29 is 9.72 Å². The Morgan fingerprint density at radius 3 is 2.58 bits per heavy atom. The number of carbonyl (C=O) groups is 1. The fraction of sp³-hybridized carbons (Fsp3) is 0.500. The molecule has 1 rings (SSSR count). The van der Waals surface area contributed by atoms with Gasteiger partial charge in [-0.25, -0.2) is 4.98 Å². The van der Waals surface area contributed by atoms with Crippen LogP contribution in [0.1, 0.15) is 38.1 Å². The maximum Gasteiger partial charge on any atom is 0.288 e. The minimum atomic E-state index is -0.573. The van der Waals surface area contributed by atoms with Gasteiger partial charge in [-0.2, -0.15) is 0 Å². The largest absolute Gasteiger partial charge is 0.370 e. The molecule has 0 fully saturated rings. The van der Waals surface area contributed by atoms with Crippen molar-refractivity contribution in [2.45, 2.75) is 33.2 Å². The Morgan fingerprint density at radius 2 is 2.11 bits per heavy atom. The van der Waals surface area contributed by atoms with Crippen molar-refractivity contribution in [2.24, 2.45) is 0 Å². The van der Waals surface area contributed by atoms with Crippen molar-refractivity contribution >= 4 is 17.4 Å². The van der Waals surface area contributed by atoms with E-state index in [-0.39, 0.29) is 17.2 Å². The molecule has 0 atom stereocenters. The van der Waals surface area contributed by atoms with Gasteiger partial charge in [0.25, 0.3) is 11.6 Å². The fourth-order valence-corrected chi connectivity index (χ4v) is 1.44. The number of rotatable bonds is 4. The number of hydrogen-bond donors (Lipinski definition) is 2. The third-order valence-electron chi connectivity index (χ3n) is 2.16. The summed E-state index contributed by atoms with van der Waals surface area (Å²) in [5.74, 6) is -0.0468. The average molecular weight is 266 g/mol. The summed E-state index contributed by atoms with van der Waals surface area (Å²) in [5.41, 5.74) is -0.461. The van der Waals surface area contributed by atoms with Gasteiger partial charge in [-0.05, 0) is 27.7 Å². The first-order valence-corrected chi connectivity index (χ1v) is 5.95. The van der Waals surface area contributed by atoms with Crippen molar-refractivity contribution in [3.63, 3.8) is 0 Å². The number of aromatic nitrogens is 1. The highest BCUT2D eigenvalue weighted by atomic mass is 16.6. The lowest BCUT2D eigenvalue weighted by Gasteiger charge is -2.21. The minimum absolute atomic E-state index is 0.172. The van der Waals surface area contributed by atoms with Crippen LogP contribution in [0.2, 0.25) is 0 Å². The highest BCUT2D eigenvalue weighted by Crippen LogP contribution is 2.19. The third-order valence-corrected chi connectivity index (χ3v) is 2.16. The Labute approximate surface area is 111 Å². The number of anilines is 1. The topological polar surface area (TPSA) is 97.2 Å². The molecule has 1 aromatic heterocycles. The highest BCUT2D eigenvalue weighted by molar-refractivity contribution is 5.99. The predicted octanol–water partition coefficient (Wildman–Crippen LogP) is 1.95. The minimum Gasteiger partial charge on any atom is -0.370 e. The smallest absolute Gasteiger partial charge is 0.288 e. The van der Waals surface area contributed by atoms with Crippen molar-refractivity contribution in [1.82, 2.24) is 10.3 Å². The second-order valence-corrected chi connectivity index (χ2v) is 5.08. The molecule has 2 N–H and O–H groups in total. The normalized spacial score (nSPS) is 10.9. The number of carbonyl (C=O) groups excluding carboxylic acids is 1. The molecule has 0 bridgehead atoms. The van der Waals surface area contributed by atoms with Gasteiger partial charge in [-0.3, -0.25) is 14.9 Å². The van der Waals surface area contributed by atoms with Gasteiger partial charge in [0.1, 0.15) is 12.0 Å². The molecule has 0 aliphatic rings. The summed E-state index contributed by atoms with van der Waals surface area (Å²) in [4.78, 5) is 26.2. The Bertz CT molecular complexity index is 494.